The molecule has 1 aromatic rings. The zero-order valence-corrected chi connectivity index (χ0v) is 13.1. The fourth-order valence-electron chi connectivity index (χ4n) is 1.72. The highest BCUT2D eigenvalue weighted by Crippen LogP contribution is 2.15. The molecule has 0 aromatic carbocycles. The van der Waals surface area contributed by atoms with Crippen molar-refractivity contribution in [2.45, 2.75) is 20.3 Å². The van der Waals surface area contributed by atoms with E-state index in [1.54, 1.807) is 13.3 Å². The summed E-state index contributed by atoms with van der Waals surface area (Å²) in [5, 5.41) is 6.08. The minimum atomic E-state index is -0.142. The molecule has 1 heterocycles. The molecular weight excluding hydrogens is 270 g/mol. The Morgan fingerprint density at radius 3 is 2.81 bits per heavy atom. The van der Waals surface area contributed by atoms with Crippen molar-refractivity contribution in [3.05, 3.63) is 23.5 Å². The Morgan fingerprint density at radius 1 is 1.29 bits per heavy atom. The molecule has 1 amide bonds. The van der Waals surface area contributed by atoms with E-state index >= 15 is 0 Å². The Hall–Kier alpha value is -1.66. The van der Waals surface area contributed by atoms with Crippen LogP contribution in [0.25, 0.3) is 0 Å². The maximum absolute atomic E-state index is 12.2. The molecule has 2 N–H and O–H groups in total. The average molecular weight is 295 g/mol. The van der Waals surface area contributed by atoms with E-state index in [0.29, 0.717) is 31.9 Å². The Labute approximate surface area is 126 Å². The Morgan fingerprint density at radius 2 is 2.10 bits per heavy atom. The first-order valence-electron chi connectivity index (χ1n) is 7.24. The molecule has 118 valence electrons. The van der Waals surface area contributed by atoms with E-state index in [1.807, 2.05) is 13.0 Å². The molecule has 0 aliphatic carbocycles. The number of pyridine rings is 1. The predicted octanol–water partition coefficient (Wildman–Crippen LogP) is 1.60. The van der Waals surface area contributed by atoms with Gasteiger partial charge in [-0.2, -0.15) is 0 Å². The number of anilines is 1. The van der Waals surface area contributed by atoms with E-state index in [9.17, 15) is 4.79 Å². The van der Waals surface area contributed by atoms with Gasteiger partial charge in [-0.15, -0.1) is 0 Å². The van der Waals surface area contributed by atoms with Crippen LogP contribution < -0.4 is 10.6 Å². The van der Waals surface area contributed by atoms with Crippen molar-refractivity contribution in [2.24, 2.45) is 0 Å². The van der Waals surface area contributed by atoms with Gasteiger partial charge in [0.15, 0.2) is 0 Å². The Bertz CT molecular complexity index is 438. The van der Waals surface area contributed by atoms with Crippen LogP contribution in [0.4, 0.5) is 5.69 Å². The van der Waals surface area contributed by atoms with Crippen LogP contribution in [-0.2, 0) is 9.47 Å². The molecule has 0 saturated heterocycles. The summed E-state index contributed by atoms with van der Waals surface area (Å²) in [6, 6.07) is 1.89. The second-order valence-electron chi connectivity index (χ2n) is 4.66. The van der Waals surface area contributed by atoms with Crippen molar-refractivity contribution in [1.29, 1.82) is 0 Å². The standard InChI is InChI=1S/C15H25N3O3/c1-4-5-16-14-10-12(2)18-11-13(14)15(19)17-6-7-21-9-8-20-3/h10-11H,4-9H2,1-3H3,(H,16,18)(H,17,19). The molecule has 0 aliphatic rings. The van der Waals surface area contributed by atoms with Crippen LogP contribution in [0.3, 0.4) is 0 Å². The molecule has 0 aliphatic heterocycles. The third-order valence-electron chi connectivity index (χ3n) is 2.81. The van der Waals surface area contributed by atoms with Gasteiger partial charge >= 0.3 is 0 Å². The van der Waals surface area contributed by atoms with Crippen molar-refractivity contribution in [3.8, 4) is 0 Å². The number of ether oxygens (including phenoxy) is 2. The normalized spacial score (nSPS) is 10.4. The van der Waals surface area contributed by atoms with Crippen LogP contribution in [0.2, 0.25) is 0 Å². The summed E-state index contributed by atoms with van der Waals surface area (Å²) in [5.41, 5.74) is 2.26. The van der Waals surface area contributed by atoms with Crippen LogP contribution in [0, 0.1) is 6.92 Å². The molecule has 0 atom stereocenters. The molecular formula is C15H25N3O3. The smallest absolute Gasteiger partial charge is 0.255 e. The van der Waals surface area contributed by atoms with E-state index in [4.69, 9.17) is 9.47 Å². The highest BCUT2D eigenvalue weighted by atomic mass is 16.5. The fraction of sp³-hybridized carbons (Fsp3) is 0.600. The molecule has 0 fully saturated rings. The molecule has 0 bridgehead atoms. The molecule has 0 spiro atoms. The number of nitrogens with one attached hydrogen (secondary N) is 2. The van der Waals surface area contributed by atoms with E-state index in [2.05, 4.69) is 22.5 Å². The summed E-state index contributed by atoms with van der Waals surface area (Å²) in [6.07, 6.45) is 2.60. The SMILES string of the molecule is CCCNc1cc(C)ncc1C(=O)NCCOCCOC. The summed E-state index contributed by atoms with van der Waals surface area (Å²) in [4.78, 5) is 16.3. The number of hydrogen-bond acceptors (Lipinski definition) is 5. The van der Waals surface area contributed by atoms with Gasteiger partial charge in [0.1, 0.15) is 0 Å². The third kappa shape index (κ3) is 6.55. The van der Waals surface area contributed by atoms with Gasteiger partial charge in [0.25, 0.3) is 5.91 Å². The lowest BCUT2D eigenvalue weighted by atomic mass is 10.2. The van der Waals surface area contributed by atoms with Crippen molar-refractivity contribution in [1.82, 2.24) is 10.3 Å². The Balaban J connectivity index is 2.48. The summed E-state index contributed by atoms with van der Waals surface area (Å²) >= 11 is 0. The lowest BCUT2D eigenvalue weighted by Crippen LogP contribution is -2.28. The maximum atomic E-state index is 12.2. The second kappa shape index (κ2) is 10.1. The van der Waals surface area contributed by atoms with Gasteiger partial charge in [0.2, 0.25) is 0 Å². The van der Waals surface area contributed by atoms with Crippen molar-refractivity contribution in [2.75, 3.05) is 45.3 Å². The van der Waals surface area contributed by atoms with Crippen molar-refractivity contribution >= 4 is 11.6 Å². The number of rotatable bonds is 10. The number of hydrogen-bond donors (Lipinski definition) is 2. The first-order chi connectivity index (χ1) is 10.2. The maximum Gasteiger partial charge on any atom is 0.255 e. The number of amides is 1. The molecule has 1 aromatic heterocycles. The molecule has 0 unspecified atom stereocenters. The highest BCUT2D eigenvalue weighted by Gasteiger charge is 2.11. The number of carbonyl (C=O) groups excluding carboxylic acids is 1. The van der Waals surface area contributed by atoms with E-state index in [-0.39, 0.29) is 5.91 Å². The molecule has 0 radical (unpaired) electrons. The van der Waals surface area contributed by atoms with Crippen LogP contribution >= 0.6 is 0 Å². The summed E-state index contributed by atoms with van der Waals surface area (Å²) < 4.78 is 10.2. The lowest BCUT2D eigenvalue weighted by Gasteiger charge is -2.12. The topological polar surface area (TPSA) is 72.5 Å². The van der Waals surface area contributed by atoms with Crippen LogP contribution in [0.15, 0.2) is 12.3 Å². The van der Waals surface area contributed by atoms with E-state index in [0.717, 1.165) is 24.3 Å². The number of methoxy groups -OCH3 is 1. The zero-order chi connectivity index (χ0) is 15.5. The van der Waals surface area contributed by atoms with Gasteiger partial charge in [-0.25, -0.2) is 0 Å². The van der Waals surface area contributed by atoms with Crippen LogP contribution in [0.1, 0.15) is 29.4 Å². The van der Waals surface area contributed by atoms with E-state index < -0.39 is 0 Å². The number of nitrogens with zero attached hydrogens (tertiary/aromatic N) is 1. The first-order valence-corrected chi connectivity index (χ1v) is 7.24. The average Bonchev–Trinajstić information content (AvgIpc) is 2.48. The van der Waals surface area contributed by atoms with Crippen LogP contribution in [0.5, 0.6) is 0 Å². The molecule has 21 heavy (non-hydrogen) atoms. The number of aromatic nitrogens is 1. The molecule has 1 rings (SSSR count). The van der Waals surface area contributed by atoms with Gasteiger partial charge in [-0.3, -0.25) is 9.78 Å². The minimum absolute atomic E-state index is 0.142. The van der Waals surface area contributed by atoms with Gasteiger partial charge < -0.3 is 20.1 Å². The largest absolute Gasteiger partial charge is 0.384 e. The molecule has 0 saturated carbocycles. The van der Waals surface area contributed by atoms with Gasteiger partial charge in [0.05, 0.1) is 31.1 Å². The zero-order valence-electron chi connectivity index (χ0n) is 13.1. The second-order valence-corrected chi connectivity index (χ2v) is 4.66. The quantitative estimate of drug-likeness (QED) is 0.642. The van der Waals surface area contributed by atoms with Crippen molar-refractivity contribution in [3.63, 3.8) is 0 Å². The first kappa shape index (κ1) is 17.4. The minimum Gasteiger partial charge on any atom is -0.384 e. The molecule has 6 nitrogen and oxygen atoms in total. The predicted molar refractivity (Wildman–Crippen MR) is 82.8 cm³/mol. The fourth-order valence-corrected chi connectivity index (χ4v) is 1.72. The summed E-state index contributed by atoms with van der Waals surface area (Å²) in [5.74, 6) is -0.142. The number of carbonyl (C=O) groups is 1. The number of aryl methyl sites for hydroxylation is 1. The molecule has 6 heteroatoms. The third-order valence-corrected chi connectivity index (χ3v) is 2.81. The van der Waals surface area contributed by atoms with Gasteiger partial charge in [-0.1, -0.05) is 6.92 Å². The monoisotopic (exact) mass is 295 g/mol. The van der Waals surface area contributed by atoms with Gasteiger partial charge in [0, 0.05) is 32.1 Å². The van der Waals surface area contributed by atoms with Crippen LogP contribution in [-0.4, -0.2) is 50.9 Å². The van der Waals surface area contributed by atoms with E-state index in [1.165, 1.54) is 0 Å². The van der Waals surface area contributed by atoms with Gasteiger partial charge in [-0.05, 0) is 19.4 Å². The summed E-state index contributed by atoms with van der Waals surface area (Å²) in [6.45, 7) is 6.82. The Kier molecular flexibility index (Phi) is 8.38. The lowest BCUT2D eigenvalue weighted by molar-refractivity contribution is 0.0693. The van der Waals surface area contributed by atoms with Crippen molar-refractivity contribution < 1.29 is 14.3 Å². The summed E-state index contributed by atoms with van der Waals surface area (Å²) in [7, 11) is 1.63. The highest BCUT2D eigenvalue weighted by molar-refractivity contribution is 5.99.